The van der Waals surface area contributed by atoms with Crippen molar-refractivity contribution in [3.63, 3.8) is 0 Å². The summed E-state index contributed by atoms with van der Waals surface area (Å²) in [5, 5.41) is 4.76. The number of rotatable bonds is 4. The van der Waals surface area contributed by atoms with Gasteiger partial charge in [-0.05, 0) is 18.2 Å². The zero-order valence-corrected chi connectivity index (χ0v) is 11.1. The van der Waals surface area contributed by atoms with Crippen molar-refractivity contribution in [3.05, 3.63) is 46.2 Å². The molecule has 6 heteroatoms. The van der Waals surface area contributed by atoms with E-state index in [0.29, 0.717) is 21.5 Å². The Bertz CT molecular complexity index is 562. The summed E-state index contributed by atoms with van der Waals surface area (Å²) in [6, 6.07) is 6.84. The molecular weight excluding hydrogens is 275 g/mol. The third-order valence-electron chi connectivity index (χ3n) is 2.32. The first kappa shape index (κ1) is 12.9. The average Bonchev–Trinajstić information content (AvgIpc) is 2.66. The number of ether oxygens (including phenoxy) is 1. The minimum Gasteiger partial charge on any atom is -0.485 e. The molecule has 0 atom stereocenters. The number of nitrogens with zero attached hydrogens (tertiary/aromatic N) is 2. The van der Waals surface area contributed by atoms with Crippen molar-refractivity contribution in [1.29, 1.82) is 0 Å². The molecule has 0 spiro atoms. The molecule has 2 rings (SSSR count). The first-order chi connectivity index (χ1) is 8.58. The van der Waals surface area contributed by atoms with Crippen molar-refractivity contribution in [2.45, 2.75) is 0 Å². The van der Waals surface area contributed by atoms with Gasteiger partial charge in [-0.15, -0.1) is 0 Å². The van der Waals surface area contributed by atoms with Crippen LogP contribution in [0.4, 0.5) is 0 Å². The van der Waals surface area contributed by atoms with E-state index in [4.69, 9.17) is 27.9 Å². The Balaban J connectivity index is 2.05. The molecule has 4 nitrogen and oxygen atoms in total. The number of aromatic nitrogens is 2. The minimum absolute atomic E-state index is 0.112. The van der Waals surface area contributed by atoms with Crippen LogP contribution < -0.4 is 4.74 Å². The lowest BCUT2D eigenvalue weighted by Gasteiger charge is -2.06. The molecular formula is C12H10Cl2N2O2. The number of Topliss-reactive ketones (excluding diaryl/α,β-unsaturated/α-hetero) is 1. The molecule has 0 bridgehead atoms. The predicted octanol–water partition coefficient (Wildman–Crippen LogP) is 2.99. The average molecular weight is 285 g/mol. The molecule has 2 aromatic rings. The SMILES string of the molecule is Cn1ncc(Cl)c1C(=O)COc1cccc(Cl)c1. The van der Waals surface area contributed by atoms with Gasteiger partial charge in [-0.1, -0.05) is 29.3 Å². The summed E-state index contributed by atoms with van der Waals surface area (Å²) in [6.07, 6.45) is 1.42. The Morgan fingerprint density at radius 3 is 2.83 bits per heavy atom. The van der Waals surface area contributed by atoms with Gasteiger partial charge in [0.2, 0.25) is 5.78 Å². The molecule has 0 saturated carbocycles. The van der Waals surface area contributed by atoms with E-state index in [2.05, 4.69) is 5.10 Å². The molecule has 0 radical (unpaired) electrons. The van der Waals surface area contributed by atoms with Gasteiger partial charge in [-0.2, -0.15) is 5.10 Å². The second-order valence-corrected chi connectivity index (χ2v) is 4.48. The number of halogens is 2. The highest BCUT2D eigenvalue weighted by Crippen LogP contribution is 2.18. The van der Waals surface area contributed by atoms with Crippen molar-refractivity contribution < 1.29 is 9.53 Å². The quantitative estimate of drug-likeness (QED) is 0.811. The predicted molar refractivity (Wildman–Crippen MR) is 69.5 cm³/mol. The Labute approximate surface area is 114 Å². The van der Waals surface area contributed by atoms with Crippen molar-refractivity contribution in [1.82, 2.24) is 9.78 Å². The molecule has 0 aliphatic rings. The van der Waals surface area contributed by atoms with E-state index in [1.165, 1.54) is 10.9 Å². The van der Waals surface area contributed by atoms with Gasteiger partial charge in [0.1, 0.15) is 11.4 Å². The summed E-state index contributed by atoms with van der Waals surface area (Å²) < 4.78 is 6.77. The number of hydrogen-bond acceptors (Lipinski definition) is 3. The van der Waals surface area contributed by atoms with Crippen molar-refractivity contribution in [2.75, 3.05) is 6.61 Å². The zero-order chi connectivity index (χ0) is 13.1. The van der Waals surface area contributed by atoms with Gasteiger partial charge in [0.05, 0.1) is 11.2 Å². The highest BCUT2D eigenvalue weighted by Gasteiger charge is 2.16. The van der Waals surface area contributed by atoms with Crippen LogP contribution in [0.3, 0.4) is 0 Å². The van der Waals surface area contributed by atoms with E-state index in [0.717, 1.165) is 0 Å². The molecule has 1 aromatic heterocycles. The van der Waals surface area contributed by atoms with Gasteiger partial charge in [0, 0.05) is 12.1 Å². The lowest BCUT2D eigenvalue weighted by atomic mass is 10.3. The maximum atomic E-state index is 11.9. The van der Waals surface area contributed by atoms with Crippen LogP contribution in [0.1, 0.15) is 10.5 Å². The molecule has 1 aromatic carbocycles. The summed E-state index contributed by atoms with van der Waals surface area (Å²) in [7, 11) is 1.65. The molecule has 0 fully saturated rings. The Morgan fingerprint density at radius 1 is 1.44 bits per heavy atom. The number of hydrogen-bond donors (Lipinski definition) is 0. The minimum atomic E-state index is -0.236. The van der Waals surface area contributed by atoms with Crippen LogP contribution in [0.2, 0.25) is 10.0 Å². The summed E-state index contributed by atoms with van der Waals surface area (Å²) in [6.45, 7) is -0.112. The fraction of sp³-hybridized carbons (Fsp3) is 0.167. The molecule has 0 aliphatic carbocycles. The second-order valence-electron chi connectivity index (χ2n) is 3.63. The maximum absolute atomic E-state index is 11.9. The summed E-state index contributed by atoms with van der Waals surface area (Å²) in [5.41, 5.74) is 0.332. The fourth-order valence-corrected chi connectivity index (χ4v) is 1.95. The molecule has 0 saturated heterocycles. The van der Waals surface area contributed by atoms with Crippen LogP contribution >= 0.6 is 23.2 Å². The van der Waals surface area contributed by atoms with Crippen molar-refractivity contribution >= 4 is 29.0 Å². The number of aryl methyl sites for hydroxylation is 1. The van der Waals surface area contributed by atoms with Gasteiger partial charge < -0.3 is 4.74 Å². The monoisotopic (exact) mass is 284 g/mol. The van der Waals surface area contributed by atoms with Gasteiger partial charge >= 0.3 is 0 Å². The van der Waals surface area contributed by atoms with E-state index >= 15 is 0 Å². The number of ketones is 1. The van der Waals surface area contributed by atoms with E-state index in [9.17, 15) is 4.79 Å². The largest absolute Gasteiger partial charge is 0.485 e. The third kappa shape index (κ3) is 2.83. The van der Waals surface area contributed by atoms with Crippen molar-refractivity contribution in [3.8, 4) is 5.75 Å². The normalized spacial score (nSPS) is 10.4. The van der Waals surface area contributed by atoms with Crippen molar-refractivity contribution in [2.24, 2.45) is 7.05 Å². The molecule has 1 heterocycles. The lowest BCUT2D eigenvalue weighted by molar-refractivity contribution is 0.0912. The first-order valence-corrected chi connectivity index (χ1v) is 5.92. The standard InChI is InChI=1S/C12H10Cl2N2O2/c1-16-12(10(14)6-15-16)11(17)7-18-9-4-2-3-8(13)5-9/h2-6H,7H2,1H3. The second kappa shape index (κ2) is 5.42. The zero-order valence-electron chi connectivity index (χ0n) is 9.56. The van der Waals surface area contributed by atoms with Crippen LogP contribution in [-0.2, 0) is 7.05 Å². The summed E-state index contributed by atoms with van der Waals surface area (Å²) in [5.74, 6) is 0.300. The lowest BCUT2D eigenvalue weighted by Crippen LogP contribution is -2.15. The van der Waals surface area contributed by atoms with Crippen LogP contribution in [0, 0.1) is 0 Å². The van der Waals surface area contributed by atoms with Crippen LogP contribution in [0.5, 0.6) is 5.75 Å². The molecule has 18 heavy (non-hydrogen) atoms. The molecule has 0 unspecified atom stereocenters. The Kier molecular flexibility index (Phi) is 3.89. The summed E-state index contributed by atoms with van der Waals surface area (Å²) >= 11 is 11.7. The van der Waals surface area contributed by atoms with E-state index in [-0.39, 0.29) is 12.4 Å². The number of carbonyl (C=O) groups excluding carboxylic acids is 1. The van der Waals surface area contributed by atoms with E-state index in [1.807, 2.05) is 0 Å². The Morgan fingerprint density at radius 2 is 2.22 bits per heavy atom. The highest BCUT2D eigenvalue weighted by molar-refractivity contribution is 6.33. The molecule has 94 valence electrons. The Hall–Kier alpha value is -1.52. The fourth-order valence-electron chi connectivity index (χ4n) is 1.50. The smallest absolute Gasteiger partial charge is 0.219 e. The van der Waals surface area contributed by atoms with Gasteiger partial charge in [-0.25, -0.2) is 0 Å². The molecule has 0 amide bonds. The van der Waals surface area contributed by atoms with Gasteiger partial charge in [-0.3, -0.25) is 9.48 Å². The molecule has 0 aliphatic heterocycles. The maximum Gasteiger partial charge on any atom is 0.219 e. The molecule has 0 N–H and O–H groups in total. The topological polar surface area (TPSA) is 44.1 Å². The van der Waals surface area contributed by atoms with Gasteiger partial charge in [0.15, 0.2) is 6.61 Å². The van der Waals surface area contributed by atoms with Crippen LogP contribution in [-0.4, -0.2) is 22.2 Å². The highest BCUT2D eigenvalue weighted by atomic mass is 35.5. The number of benzene rings is 1. The van der Waals surface area contributed by atoms with Gasteiger partial charge in [0.25, 0.3) is 0 Å². The third-order valence-corrected chi connectivity index (χ3v) is 2.84. The summed E-state index contributed by atoms with van der Waals surface area (Å²) in [4.78, 5) is 11.9. The van der Waals surface area contributed by atoms with Crippen LogP contribution in [0.15, 0.2) is 30.5 Å². The number of carbonyl (C=O) groups is 1. The van der Waals surface area contributed by atoms with E-state index in [1.54, 1.807) is 31.3 Å². The first-order valence-electron chi connectivity index (χ1n) is 5.17. The van der Waals surface area contributed by atoms with E-state index < -0.39 is 0 Å². The van der Waals surface area contributed by atoms with Crippen LogP contribution in [0.25, 0.3) is 0 Å².